The highest BCUT2D eigenvalue weighted by molar-refractivity contribution is 5.92. The van der Waals surface area contributed by atoms with Crippen LogP contribution in [0, 0.1) is 5.92 Å². The molecule has 5 heteroatoms. The minimum Gasteiger partial charge on any atom is -0.476 e. The normalized spacial score (nSPS) is 12.3. The smallest absolute Gasteiger partial charge is 0.358 e. The lowest BCUT2D eigenvalue weighted by Gasteiger charge is -2.12. The molecule has 1 aromatic heterocycles. The lowest BCUT2D eigenvalue weighted by Crippen LogP contribution is -2.11. The van der Waals surface area contributed by atoms with E-state index in [0.29, 0.717) is 18.2 Å². The van der Waals surface area contributed by atoms with E-state index in [9.17, 15) is 9.90 Å². The van der Waals surface area contributed by atoms with Gasteiger partial charge in [-0.1, -0.05) is 55.8 Å². The summed E-state index contributed by atoms with van der Waals surface area (Å²) in [6, 6.07) is 9.43. The molecule has 2 rings (SSSR count). The van der Waals surface area contributed by atoms with Gasteiger partial charge in [0.25, 0.3) is 0 Å². The Morgan fingerprint density at radius 2 is 2.05 bits per heavy atom. The minimum absolute atomic E-state index is 0.0138. The van der Waals surface area contributed by atoms with Crippen LogP contribution < -0.4 is 0 Å². The third-order valence-corrected chi connectivity index (χ3v) is 3.25. The number of aromatic nitrogens is 3. The van der Waals surface area contributed by atoms with Gasteiger partial charge in [-0.2, -0.15) is 0 Å². The van der Waals surface area contributed by atoms with E-state index in [1.54, 1.807) is 4.68 Å². The van der Waals surface area contributed by atoms with Crippen molar-refractivity contribution in [1.29, 1.82) is 0 Å². The molecular formula is C15H19N3O2. The summed E-state index contributed by atoms with van der Waals surface area (Å²) in [5.74, 6) is -0.607. The van der Waals surface area contributed by atoms with Crippen molar-refractivity contribution in [3.8, 4) is 11.3 Å². The Morgan fingerprint density at radius 1 is 1.35 bits per heavy atom. The van der Waals surface area contributed by atoms with E-state index < -0.39 is 5.97 Å². The fraction of sp³-hybridized carbons (Fsp3) is 0.400. The average Bonchev–Trinajstić information content (AvgIpc) is 2.83. The van der Waals surface area contributed by atoms with Crippen LogP contribution in [-0.2, 0) is 6.54 Å². The molecule has 5 nitrogen and oxygen atoms in total. The first kappa shape index (κ1) is 14.2. The van der Waals surface area contributed by atoms with Crippen LogP contribution in [0.1, 0.15) is 37.2 Å². The molecule has 0 aliphatic heterocycles. The Balaban J connectivity index is 2.41. The quantitative estimate of drug-likeness (QED) is 0.878. The van der Waals surface area contributed by atoms with Crippen LogP contribution in [0.25, 0.3) is 11.3 Å². The highest BCUT2D eigenvalue weighted by atomic mass is 16.4. The second-order valence-electron chi connectivity index (χ2n) is 5.03. The molecule has 0 aliphatic rings. The molecule has 1 atom stereocenters. The lowest BCUT2D eigenvalue weighted by atomic mass is 10.1. The van der Waals surface area contributed by atoms with Gasteiger partial charge in [0.05, 0.1) is 0 Å². The molecule has 1 N–H and O–H groups in total. The second-order valence-corrected chi connectivity index (χ2v) is 5.03. The lowest BCUT2D eigenvalue weighted by molar-refractivity contribution is 0.0691. The third kappa shape index (κ3) is 3.04. The predicted octanol–water partition coefficient (Wildman–Crippen LogP) is 3.08. The van der Waals surface area contributed by atoms with Crippen molar-refractivity contribution in [2.75, 3.05) is 0 Å². The summed E-state index contributed by atoms with van der Waals surface area (Å²) in [7, 11) is 0. The van der Waals surface area contributed by atoms with E-state index >= 15 is 0 Å². The number of rotatable bonds is 6. The Hall–Kier alpha value is -2.17. The Labute approximate surface area is 118 Å². The SMILES string of the molecule is CCCC(C)Cn1nnc(C(=O)O)c1-c1ccccc1. The molecule has 1 unspecified atom stereocenters. The fourth-order valence-corrected chi connectivity index (χ4v) is 2.35. The zero-order valence-electron chi connectivity index (χ0n) is 11.8. The molecular weight excluding hydrogens is 254 g/mol. The van der Waals surface area contributed by atoms with Gasteiger partial charge in [0.2, 0.25) is 0 Å². The van der Waals surface area contributed by atoms with E-state index in [1.807, 2.05) is 30.3 Å². The molecule has 0 spiro atoms. The average molecular weight is 273 g/mol. The first-order chi connectivity index (χ1) is 9.63. The standard InChI is InChI=1S/C15H19N3O2/c1-3-7-11(2)10-18-14(12-8-5-4-6-9-12)13(15(19)20)16-17-18/h4-6,8-9,11H,3,7,10H2,1-2H3,(H,19,20). The monoisotopic (exact) mass is 273 g/mol. The summed E-state index contributed by atoms with van der Waals surface area (Å²) in [4.78, 5) is 11.3. The third-order valence-electron chi connectivity index (χ3n) is 3.25. The van der Waals surface area contributed by atoms with E-state index in [1.165, 1.54) is 0 Å². The number of aromatic carboxylic acids is 1. The largest absolute Gasteiger partial charge is 0.476 e. The fourth-order valence-electron chi connectivity index (χ4n) is 2.35. The van der Waals surface area contributed by atoms with Gasteiger partial charge in [0.15, 0.2) is 5.69 Å². The zero-order chi connectivity index (χ0) is 14.5. The van der Waals surface area contributed by atoms with Crippen LogP contribution in [0.3, 0.4) is 0 Å². The van der Waals surface area contributed by atoms with Crippen molar-refractivity contribution in [2.24, 2.45) is 5.92 Å². The number of carboxylic acid groups (broad SMARTS) is 1. The maximum Gasteiger partial charge on any atom is 0.358 e. The van der Waals surface area contributed by atoms with Crippen LogP contribution >= 0.6 is 0 Å². The van der Waals surface area contributed by atoms with Gasteiger partial charge in [-0.15, -0.1) is 5.10 Å². The predicted molar refractivity (Wildman–Crippen MR) is 76.5 cm³/mol. The van der Waals surface area contributed by atoms with Crippen LogP contribution in [0.4, 0.5) is 0 Å². The van der Waals surface area contributed by atoms with Crippen LogP contribution in [-0.4, -0.2) is 26.1 Å². The van der Waals surface area contributed by atoms with Crippen LogP contribution in [0.2, 0.25) is 0 Å². The highest BCUT2D eigenvalue weighted by Gasteiger charge is 2.21. The van der Waals surface area contributed by atoms with Crippen LogP contribution in [0.5, 0.6) is 0 Å². The molecule has 0 radical (unpaired) electrons. The Kier molecular flexibility index (Phi) is 4.50. The number of hydrogen-bond acceptors (Lipinski definition) is 3. The summed E-state index contributed by atoms with van der Waals surface area (Å²) in [5, 5.41) is 17.1. The summed E-state index contributed by atoms with van der Waals surface area (Å²) in [6.45, 7) is 4.96. The molecule has 106 valence electrons. The summed E-state index contributed by atoms with van der Waals surface area (Å²) in [5.41, 5.74) is 1.43. The summed E-state index contributed by atoms with van der Waals surface area (Å²) in [6.07, 6.45) is 2.18. The van der Waals surface area contributed by atoms with Crippen molar-refractivity contribution in [1.82, 2.24) is 15.0 Å². The van der Waals surface area contributed by atoms with Gasteiger partial charge in [0.1, 0.15) is 5.69 Å². The van der Waals surface area contributed by atoms with E-state index in [-0.39, 0.29) is 5.69 Å². The highest BCUT2D eigenvalue weighted by Crippen LogP contribution is 2.23. The van der Waals surface area contributed by atoms with Gasteiger partial charge in [-0.3, -0.25) is 0 Å². The molecule has 20 heavy (non-hydrogen) atoms. The van der Waals surface area contributed by atoms with E-state index in [0.717, 1.165) is 18.4 Å². The maximum absolute atomic E-state index is 11.3. The van der Waals surface area contributed by atoms with Crippen molar-refractivity contribution >= 4 is 5.97 Å². The molecule has 2 aromatic rings. The first-order valence-electron chi connectivity index (χ1n) is 6.85. The van der Waals surface area contributed by atoms with Crippen LogP contribution in [0.15, 0.2) is 30.3 Å². The molecule has 0 aliphatic carbocycles. The number of carboxylic acids is 1. The summed E-state index contributed by atoms with van der Waals surface area (Å²) < 4.78 is 1.71. The minimum atomic E-state index is -1.04. The van der Waals surface area contributed by atoms with Crippen molar-refractivity contribution < 1.29 is 9.90 Å². The molecule has 1 heterocycles. The second kappa shape index (κ2) is 6.32. The molecule has 1 aromatic carbocycles. The molecule has 0 saturated heterocycles. The number of nitrogens with zero attached hydrogens (tertiary/aromatic N) is 3. The van der Waals surface area contributed by atoms with Gasteiger partial charge in [-0.05, 0) is 12.3 Å². The Bertz CT molecular complexity index is 578. The Morgan fingerprint density at radius 3 is 2.65 bits per heavy atom. The number of carbonyl (C=O) groups is 1. The zero-order valence-corrected chi connectivity index (χ0v) is 11.8. The van der Waals surface area contributed by atoms with Gasteiger partial charge in [-0.25, -0.2) is 9.48 Å². The van der Waals surface area contributed by atoms with E-state index in [4.69, 9.17) is 0 Å². The van der Waals surface area contributed by atoms with Gasteiger partial charge >= 0.3 is 5.97 Å². The number of benzene rings is 1. The summed E-state index contributed by atoms with van der Waals surface area (Å²) >= 11 is 0. The van der Waals surface area contributed by atoms with Crippen molar-refractivity contribution in [2.45, 2.75) is 33.2 Å². The molecule has 0 amide bonds. The van der Waals surface area contributed by atoms with E-state index in [2.05, 4.69) is 24.2 Å². The molecule has 0 bridgehead atoms. The topological polar surface area (TPSA) is 68.0 Å². The molecule has 0 fully saturated rings. The first-order valence-corrected chi connectivity index (χ1v) is 6.85. The maximum atomic E-state index is 11.3. The number of hydrogen-bond donors (Lipinski definition) is 1. The van der Waals surface area contributed by atoms with Gasteiger partial charge < -0.3 is 5.11 Å². The van der Waals surface area contributed by atoms with Crippen molar-refractivity contribution in [3.63, 3.8) is 0 Å². The van der Waals surface area contributed by atoms with Gasteiger partial charge in [0, 0.05) is 12.1 Å². The molecule has 0 saturated carbocycles. The van der Waals surface area contributed by atoms with Crippen molar-refractivity contribution in [3.05, 3.63) is 36.0 Å².